The number of nitrogens with zero attached hydrogens (tertiary/aromatic N) is 4. The number of hydrogen-bond donors (Lipinski definition) is 1. The summed E-state index contributed by atoms with van der Waals surface area (Å²) in [5, 5.41) is 1.02. The number of likely N-dealkylation sites (tertiary alicyclic amines) is 1. The zero-order chi connectivity index (χ0) is 22.9. The maximum Gasteiger partial charge on any atom is 0.272 e. The number of benzene rings is 1. The molecule has 1 aromatic carbocycles. The summed E-state index contributed by atoms with van der Waals surface area (Å²) < 4.78 is 5.47. The van der Waals surface area contributed by atoms with Gasteiger partial charge in [-0.2, -0.15) is 0 Å². The van der Waals surface area contributed by atoms with E-state index >= 15 is 0 Å². The molecule has 1 unspecified atom stereocenters. The van der Waals surface area contributed by atoms with Crippen molar-refractivity contribution >= 4 is 16.9 Å². The number of hydrogen-bond acceptors (Lipinski definition) is 5. The predicted molar refractivity (Wildman–Crippen MR) is 131 cm³/mol. The second-order valence-electron chi connectivity index (χ2n) is 8.96. The van der Waals surface area contributed by atoms with Crippen LogP contribution < -0.4 is 0 Å². The lowest BCUT2D eigenvalue weighted by Gasteiger charge is -2.32. The van der Waals surface area contributed by atoms with Crippen LogP contribution in [0, 0.1) is 0 Å². The maximum atomic E-state index is 13.2. The van der Waals surface area contributed by atoms with Gasteiger partial charge in [-0.1, -0.05) is 36.4 Å². The van der Waals surface area contributed by atoms with Gasteiger partial charge in [-0.15, -0.1) is 0 Å². The van der Waals surface area contributed by atoms with E-state index in [2.05, 4.69) is 39.1 Å². The minimum atomic E-state index is -0.000319. The Labute approximate surface area is 198 Å². The van der Waals surface area contributed by atoms with Crippen molar-refractivity contribution < 1.29 is 9.53 Å². The van der Waals surface area contributed by atoms with Crippen LogP contribution in [0.15, 0.2) is 66.9 Å². The van der Waals surface area contributed by atoms with Gasteiger partial charge in [-0.3, -0.25) is 9.69 Å². The van der Waals surface area contributed by atoms with Crippen molar-refractivity contribution in [2.75, 3.05) is 39.4 Å². The molecule has 2 fully saturated rings. The lowest BCUT2D eigenvalue weighted by molar-refractivity contribution is 0.0185. The molecule has 1 atom stereocenters. The van der Waals surface area contributed by atoms with Gasteiger partial charge in [-0.05, 0) is 36.2 Å². The number of nitrogens with one attached hydrogen (secondary N) is 1. The number of carbonyl (C=O) groups is 1. The van der Waals surface area contributed by atoms with Crippen LogP contribution in [0.3, 0.4) is 0 Å². The summed E-state index contributed by atoms with van der Waals surface area (Å²) in [4.78, 5) is 30.3. The summed E-state index contributed by atoms with van der Waals surface area (Å²) in [7, 11) is 0. The third kappa shape index (κ3) is 4.08. The SMILES string of the molecule is O=C(c1cccc(-c2cnc3[nH]c(-c4ccccc4)cc3c2)n1)N1CCC(N2CCOCC2)C1. The maximum absolute atomic E-state index is 13.2. The molecule has 2 aliphatic rings. The average Bonchev–Trinajstić information content (AvgIpc) is 3.57. The molecule has 7 heteroatoms. The molecular formula is C27H27N5O2. The average molecular weight is 454 g/mol. The molecule has 3 aromatic heterocycles. The highest BCUT2D eigenvalue weighted by atomic mass is 16.5. The Bertz CT molecular complexity index is 1310. The highest BCUT2D eigenvalue weighted by molar-refractivity contribution is 5.93. The third-order valence-corrected chi connectivity index (χ3v) is 6.83. The molecule has 0 saturated carbocycles. The summed E-state index contributed by atoms with van der Waals surface area (Å²) in [5.74, 6) is -0.000319. The first kappa shape index (κ1) is 21.0. The Morgan fingerprint density at radius 1 is 0.971 bits per heavy atom. The zero-order valence-corrected chi connectivity index (χ0v) is 19.0. The first-order valence-electron chi connectivity index (χ1n) is 11.9. The largest absolute Gasteiger partial charge is 0.379 e. The Morgan fingerprint density at radius 3 is 2.68 bits per heavy atom. The summed E-state index contributed by atoms with van der Waals surface area (Å²) in [6.45, 7) is 4.97. The van der Waals surface area contributed by atoms with Gasteiger partial charge in [0.05, 0.1) is 18.9 Å². The van der Waals surface area contributed by atoms with Crippen LogP contribution in [-0.2, 0) is 4.74 Å². The molecule has 0 spiro atoms. The van der Waals surface area contributed by atoms with E-state index in [4.69, 9.17) is 9.72 Å². The van der Waals surface area contributed by atoms with E-state index in [0.29, 0.717) is 11.7 Å². The van der Waals surface area contributed by atoms with Gasteiger partial charge in [0.2, 0.25) is 0 Å². The molecule has 7 nitrogen and oxygen atoms in total. The lowest BCUT2D eigenvalue weighted by atomic mass is 10.1. The van der Waals surface area contributed by atoms with Crippen LogP contribution in [0.5, 0.6) is 0 Å². The number of aromatic amines is 1. The van der Waals surface area contributed by atoms with Crippen LogP contribution in [0.2, 0.25) is 0 Å². The van der Waals surface area contributed by atoms with Crippen molar-refractivity contribution in [3.63, 3.8) is 0 Å². The molecule has 4 aromatic rings. The molecule has 172 valence electrons. The highest BCUT2D eigenvalue weighted by Gasteiger charge is 2.32. The van der Waals surface area contributed by atoms with E-state index in [1.165, 1.54) is 0 Å². The van der Waals surface area contributed by atoms with Gasteiger partial charge in [0.25, 0.3) is 5.91 Å². The lowest BCUT2D eigenvalue weighted by Crippen LogP contribution is -2.45. The Morgan fingerprint density at radius 2 is 1.82 bits per heavy atom. The second kappa shape index (κ2) is 9.00. The van der Waals surface area contributed by atoms with E-state index < -0.39 is 0 Å². The topological polar surface area (TPSA) is 74.4 Å². The first-order chi connectivity index (χ1) is 16.7. The number of amides is 1. The Balaban J connectivity index is 1.22. The van der Waals surface area contributed by atoms with E-state index in [0.717, 1.165) is 79.4 Å². The molecule has 6 rings (SSSR count). The first-order valence-corrected chi connectivity index (χ1v) is 11.9. The molecule has 1 amide bonds. The second-order valence-corrected chi connectivity index (χ2v) is 8.96. The summed E-state index contributed by atoms with van der Waals surface area (Å²) in [5.41, 5.74) is 5.12. The zero-order valence-electron chi connectivity index (χ0n) is 19.0. The third-order valence-electron chi connectivity index (χ3n) is 6.83. The predicted octanol–water partition coefficient (Wildman–Crippen LogP) is 3.84. The van der Waals surface area contributed by atoms with E-state index in [1.54, 1.807) is 0 Å². The molecule has 1 N–H and O–H groups in total. The molecule has 34 heavy (non-hydrogen) atoms. The van der Waals surface area contributed by atoms with Crippen LogP contribution in [0.1, 0.15) is 16.9 Å². The van der Waals surface area contributed by atoms with Crippen molar-refractivity contribution in [3.8, 4) is 22.5 Å². The minimum absolute atomic E-state index is 0.000319. The fourth-order valence-electron chi connectivity index (χ4n) is 4.97. The van der Waals surface area contributed by atoms with Gasteiger partial charge in [-0.25, -0.2) is 9.97 Å². The number of fused-ring (bicyclic) bond motifs is 1. The van der Waals surface area contributed by atoms with Crippen molar-refractivity contribution in [3.05, 3.63) is 72.6 Å². The van der Waals surface area contributed by atoms with Gasteiger partial charge in [0.1, 0.15) is 11.3 Å². The monoisotopic (exact) mass is 453 g/mol. The Hall–Kier alpha value is -3.55. The van der Waals surface area contributed by atoms with Crippen molar-refractivity contribution in [2.45, 2.75) is 12.5 Å². The number of morpholine rings is 1. The van der Waals surface area contributed by atoms with E-state index in [1.807, 2.05) is 47.5 Å². The van der Waals surface area contributed by atoms with Gasteiger partial charge in [0, 0.05) is 55.1 Å². The molecule has 5 heterocycles. The molecule has 2 aliphatic heterocycles. The summed E-state index contributed by atoms with van der Waals surface area (Å²) in [6.07, 6.45) is 2.82. The molecular weight excluding hydrogens is 426 g/mol. The number of rotatable bonds is 4. The number of carbonyl (C=O) groups excluding carboxylic acids is 1. The number of pyridine rings is 2. The van der Waals surface area contributed by atoms with Crippen molar-refractivity contribution in [1.29, 1.82) is 0 Å². The number of aromatic nitrogens is 3. The molecule has 0 bridgehead atoms. The minimum Gasteiger partial charge on any atom is -0.379 e. The van der Waals surface area contributed by atoms with Crippen LogP contribution in [0.25, 0.3) is 33.5 Å². The molecule has 0 aliphatic carbocycles. The summed E-state index contributed by atoms with van der Waals surface area (Å²) in [6, 6.07) is 20.4. The number of H-pyrrole nitrogens is 1. The van der Waals surface area contributed by atoms with Crippen LogP contribution >= 0.6 is 0 Å². The Kier molecular flexibility index (Phi) is 5.57. The fraction of sp³-hybridized carbons (Fsp3) is 0.296. The summed E-state index contributed by atoms with van der Waals surface area (Å²) >= 11 is 0. The van der Waals surface area contributed by atoms with Crippen molar-refractivity contribution in [1.82, 2.24) is 24.8 Å². The standard InChI is InChI=1S/C27H27N5O2/c33-27(32-10-9-22(18-32)31-11-13-34-14-12-31)24-8-4-7-23(29-24)21-15-20-16-25(30-26(20)28-17-21)19-5-2-1-3-6-19/h1-8,15-17,22H,9-14,18H2,(H,28,30). The fourth-order valence-corrected chi connectivity index (χ4v) is 4.97. The van der Waals surface area contributed by atoms with Gasteiger partial charge in [0.15, 0.2) is 0 Å². The highest BCUT2D eigenvalue weighted by Crippen LogP contribution is 2.27. The van der Waals surface area contributed by atoms with Gasteiger partial charge < -0.3 is 14.6 Å². The van der Waals surface area contributed by atoms with Crippen LogP contribution in [-0.4, -0.2) is 76.1 Å². The van der Waals surface area contributed by atoms with Gasteiger partial charge >= 0.3 is 0 Å². The quantitative estimate of drug-likeness (QED) is 0.508. The molecule has 2 saturated heterocycles. The van der Waals surface area contributed by atoms with E-state index in [-0.39, 0.29) is 5.91 Å². The number of ether oxygens (including phenoxy) is 1. The van der Waals surface area contributed by atoms with Crippen molar-refractivity contribution in [2.24, 2.45) is 0 Å². The smallest absolute Gasteiger partial charge is 0.272 e. The normalized spacial score (nSPS) is 19.1. The van der Waals surface area contributed by atoms with E-state index in [9.17, 15) is 4.79 Å². The molecule has 0 radical (unpaired) electrons. The van der Waals surface area contributed by atoms with Crippen LogP contribution in [0.4, 0.5) is 0 Å².